The molecule has 109 valence electrons. The van der Waals surface area contributed by atoms with Crippen LogP contribution in [0.4, 0.5) is 0 Å². The van der Waals surface area contributed by atoms with E-state index in [2.05, 4.69) is 97.4 Å². The molecule has 0 saturated heterocycles. The Kier molecular flexibility index (Phi) is 4.32. The molecule has 2 aromatic carbocycles. The molecule has 0 aliphatic carbocycles. The van der Waals surface area contributed by atoms with Gasteiger partial charge in [0, 0.05) is 0 Å². The van der Waals surface area contributed by atoms with Crippen molar-refractivity contribution in [3.05, 3.63) is 59.7 Å². The molecule has 0 N–H and O–H groups in total. The van der Waals surface area contributed by atoms with Gasteiger partial charge in [0.2, 0.25) is 0 Å². The van der Waals surface area contributed by atoms with Gasteiger partial charge < -0.3 is 0 Å². The molecule has 2 rings (SSSR count). The number of rotatable bonds is 2. The Bertz CT molecular complexity index is 522. The molecule has 0 spiro atoms. The Balaban J connectivity index is 2.12. The van der Waals surface area contributed by atoms with Gasteiger partial charge in [0.25, 0.3) is 0 Å². The molecule has 0 aliphatic rings. The third kappa shape index (κ3) is 4.23. The van der Waals surface area contributed by atoms with Crippen molar-refractivity contribution < 1.29 is 0 Å². The van der Waals surface area contributed by atoms with E-state index in [1.54, 1.807) is 0 Å². The van der Waals surface area contributed by atoms with E-state index in [9.17, 15) is 0 Å². The molecule has 0 bridgehead atoms. The lowest BCUT2D eigenvalue weighted by molar-refractivity contribution is 0.590. The van der Waals surface area contributed by atoms with Gasteiger partial charge in [-0.05, 0) is 22.0 Å². The van der Waals surface area contributed by atoms with Crippen LogP contribution in [0.1, 0.15) is 52.7 Å². The maximum absolute atomic E-state index is 2.25. The topological polar surface area (TPSA) is 0 Å². The number of hydrogen-bond donors (Lipinski definition) is 0. The molecule has 0 atom stereocenters. The minimum atomic E-state index is 0.215. The molecule has 0 aromatic heterocycles. The molecule has 1 heteroatoms. The summed E-state index contributed by atoms with van der Waals surface area (Å²) in [5.74, 6) is 0. The summed E-state index contributed by atoms with van der Waals surface area (Å²) >= 11 is 0. The Morgan fingerprint density at radius 2 is 0.810 bits per heavy atom. The zero-order valence-corrected chi connectivity index (χ0v) is 14.2. The van der Waals surface area contributed by atoms with Crippen LogP contribution in [0.5, 0.6) is 0 Å². The molecule has 0 unspecified atom stereocenters. The predicted molar refractivity (Wildman–Crippen MR) is 95.3 cm³/mol. The van der Waals surface area contributed by atoms with E-state index >= 15 is 0 Å². The molecule has 1 radical (unpaired) electrons. The van der Waals surface area contributed by atoms with Gasteiger partial charge in [0.1, 0.15) is 0 Å². The maximum atomic E-state index is 2.25. The molecular weight excluding hydrogens is 251 g/mol. The predicted octanol–water partition coefficient (Wildman–Crippen LogP) is 3.94. The summed E-state index contributed by atoms with van der Waals surface area (Å²) in [5, 5.41) is 0. The van der Waals surface area contributed by atoms with Crippen LogP contribution in [-0.2, 0) is 10.8 Å². The van der Waals surface area contributed by atoms with Gasteiger partial charge in [0.15, 0.2) is 7.28 Å². The van der Waals surface area contributed by atoms with Crippen molar-refractivity contribution in [2.75, 3.05) is 0 Å². The fourth-order valence-corrected chi connectivity index (χ4v) is 2.35. The number of hydrogen-bond acceptors (Lipinski definition) is 0. The zero-order chi connectivity index (χ0) is 15.7. The second kappa shape index (κ2) is 5.71. The molecule has 0 amide bonds. The lowest BCUT2D eigenvalue weighted by Gasteiger charge is -2.20. The van der Waals surface area contributed by atoms with E-state index in [4.69, 9.17) is 0 Å². The quantitative estimate of drug-likeness (QED) is 0.729. The van der Waals surface area contributed by atoms with Crippen LogP contribution >= 0.6 is 0 Å². The van der Waals surface area contributed by atoms with Gasteiger partial charge >= 0.3 is 0 Å². The van der Waals surface area contributed by atoms with Crippen molar-refractivity contribution in [2.45, 2.75) is 52.4 Å². The van der Waals surface area contributed by atoms with Gasteiger partial charge in [-0.3, -0.25) is 0 Å². The number of benzene rings is 2. The van der Waals surface area contributed by atoms with Gasteiger partial charge in [-0.25, -0.2) is 0 Å². The van der Waals surface area contributed by atoms with Crippen molar-refractivity contribution in [2.24, 2.45) is 0 Å². The summed E-state index contributed by atoms with van der Waals surface area (Å²) in [7, 11) is 2.24. The van der Waals surface area contributed by atoms with Crippen molar-refractivity contribution in [3.8, 4) is 0 Å². The molecular formula is C20H26B. The lowest BCUT2D eigenvalue weighted by Crippen LogP contribution is -2.27. The zero-order valence-electron chi connectivity index (χ0n) is 14.2. The normalized spacial score (nSPS) is 12.3. The smallest absolute Gasteiger partial charge is 0.0814 e. The fraction of sp³-hybridized carbons (Fsp3) is 0.400. The molecule has 0 aliphatic heterocycles. The molecule has 21 heavy (non-hydrogen) atoms. The SMILES string of the molecule is CC(C)(C)c1ccc([B]c2ccc(C(C)(C)C)cc2)cc1. The first-order chi connectivity index (χ1) is 9.66. The highest BCUT2D eigenvalue weighted by Crippen LogP contribution is 2.21. The molecule has 0 saturated carbocycles. The maximum Gasteiger partial charge on any atom is 0.191 e. The summed E-state index contributed by atoms with van der Waals surface area (Å²) in [4.78, 5) is 0. The standard InChI is InChI=1S/C20H26B/c1-19(2,3)15-7-11-17(12-8-15)21-18-13-9-16(10-14-18)20(4,5)6/h7-14H,1-6H3. The van der Waals surface area contributed by atoms with Crippen molar-refractivity contribution in [3.63, 3.8) is 0 Å². The minimum Gasteiger partial charge on any atom is -0.0814 e. The lowest BCUT2D eigenvalue weighted by atomic mass is 9.63. The van der Waals surface area contributed by atoms with Crippen LogP contribution in [-0.4, -0.2) is 7.28 Å². The summed E-state index contributed by atoms with van der Waals surface area (Å²) < 4.78 is 0. The largest absolute Gasteiger partial charge is 0.191 e. The summed E-state index contributed by atoms with van der Waals surface area (Å²) in [6.45, 7) is 13.5. The monoisotopic (exact) mass is 277 g/mol. The summed E-state index contributed by atoms with van der Waals surface area (Å²) in [6, 6.07) is 17.8. The Morgan fingerprint density at radius 3 is 1.05 bits per heavy atom. The molecule has 0 heterocycles. The second-order valence-electron chi connectivity index (χ2n) is 7.89. The van der Waals surface area contributed by atoms with E-state index in [0.717, 1.165) is 0 Å². The van der Waals surface area contributed by atoms with Crippen molar-refractivity contribution >= 4 is 18.2 Å². The second-order valence-corrected chi connectivity index (χ2v) is 7.89. The van der Waals surface area contributed by atoms with Crippen LogP contribution in [0.15, 0.2) is 48.5 Å². The van der Waals surface area contributed by atoms with Gasteiger partial charge in [0.05, 0.1) is 0 Å². The molecule has 0 nitrogen and oxygen atoms in total. The van der Waals surface area contributed by atoms with E-state index in [-0.39, 0.29) is 10.8 Å². The first-order valence-corrected chi connectivity index (χ1v) is 7.72. The molecule has 0 fully saturated rings. The van der Waals surface area contributed by atoms with Crippen molar-refractivity contribution in [1.82, 2.24) is 0 Å². The van der Waals surface area contributed by atoms with Crippen LogP contribution in [0.2, 0.25) is 0 Å². The van der Waals surface area contributed by atoms with Crippen molar-refractivity contribution in [1.29, 1.82) is 0 Å². The highest BCUT2D eigenvalue weighted by atomic mass is 14.2. The van der Waals surface area contributed by atoms with Crippen LogP contribution < -0.4 is 10.9 Å². The van der Waals surface area contributed by atoms with E-state index in [1.807, 2.05) is 0 Å². The van der Waals surface area contributed by atoms with Crippen LogP contribution in [0, 0.1) is 0 Å². The van der Waals surface area contributed by atoms with Gasteiger partial charge in [-0.15, -0.1) is 0 Å². The summed E-state index contributed by atoms with van der Waals surface area (Å²) in [5.41, 5.74) is 5.70. The average molecular weight is 277 g/mol. The van der Waals surface area contributed by atoms with Gasteiger partial charge in [-0.2, -0.15) is 0 Å². The van der Waals surface area contributed by atoms with Gasteiger partial charge in [-0.1, -0.05) is 101 Å². The minimum absolute atomic E-state index is 0.215. The average Bonchev–Trinajstić information content (AvgIpc) is 2.38. The first kappa shape index (κ1) is 15.9. The third-order valence-corrected chi connectivity index (χ3v) is 3.89. The molecule has 2 aromatic rings. The Labute approximate surface area is 130 Å². The fourth-order valence-electron chi connectivity index (χ4n) is 2.35. The first-order valence-electron chi connectivity index (χ1n) is 7.72. The Morgan fingerprint density at radius 1 is 0.524 bits per heavy atom. The van der Waals surface area contributed by atoms with Crippen LogP contribution in [0.3, 0.4) is 0 Å². The van der Waals surface area contributed by atoms with E-state index in [0.29, 0.717) is 0 Å². The summed E-state index contributed by atoms with van der Waals surface area (Å²) in [6.07, 6.45) is 0. The highest BCUT2D eigenvalue weighted by Gasteiger charge is 2.14. The van der Waals surface area contributed by atoms with Crippen LogP contribution in [0.25, 0.3) is 0 Å². The van der Waals surface area contributed by atoms with E-state index in [1.165, 1.54) is 22.1 Å². The highest BCUT2D eigenvalue weighted by molar-refractivity contribution is 6.67. The van der Waals surface area contributed by atoms with E-state index < -0.39 is 0 Å². The Hall–Kier alpha value is -1.50. The third-order valence-electron chi connectivity index (χ3n) is 3.89.